The summed E-state index contributed by atoms with van der Waals surface area (Å²) in [5, 5.41) is 0. The van der Waals surface area contributed by atoms with Crippen molar-refractivity contribution in [3.8, 4) is 0 Å². The van der Waals surface area contributed by atoms with Crippen molar-refractivity contribution in [3.63, 3.8) is 0 Å². The maximum absolute atomic E-state index is 9.94. The number of benzene rings is 2. The second-order valence-corrected chi connectivity index (χ2v) is 4.58. The van der Waals surface area contributed by atoms with Crippen LogP contribution in [0.15, 0.2) is 70.6 Å². The first-order chi connectivity index (χ1) is 10.3. The molecule has 4 nitrogen and oxygen atoms in total. The Morgan fingerprint density at radius 1 is 0.857 bits per heavy atom. The van der Waals surface area contributed by atoms with Crippen LogP contribution in [0.5, 0.6) is 0 Å². The number of nitrogens with zero attached hydrogens (tertiary/aromatic N) is 2. The zero-order valence-corrected chi connectivity index (χ0v) is 11.3. The van der Waals surface area contributed by atoms with Gasteiger partial charge in [0.2, 0.25) is 12.2 Å². The minimum atomic E-state index is 0.199. The normalized spacial score (nSPS) is 18.3. The van der Waals surface area contributed by atoms with Crippen LogP contribution >= 0.6 is 0 Å². The SMILES string of the molecule is O=C=NC1CC1c1ccccc1.O=C=Nc1ccccc1. The third-order valence-electron chi connectivity index (χ3n) is 3.13. The Balaban J connectivity index is 0.000000161. The van der Waals surface area contributed by atoms with Crippen LogP contribution in [-0.4, -0.2) is 18.2 Å². The first kappa shape index (κ1) is 14.6. The highest BCUT2D eigenvalue weighted by molar-refractivity contribution is 5.47. The molecule has 2 unspecified atom stereocenters. The van der Waals surface area contributed by atoms with E-state index in [0.717, 1.165) is 6.42 Å². The molecular formula is C17H14N2O2. The first-order valence-corrected chi connectivity index (χ1v) is 6.60. The van der Waals surface area contributed by atoms with Gasteiger partial charge in [0.15, 0.2) is 0 Å². The topological polar surface area (TPSA) is 58.9 Å². The molecule has 0 aliphatic heterocycles. The molecule has 104 valence electrons. The van der Waals surface area contributed by atoms with Gasteiger partial charge in [0.1, 0.15) is 0 Å². The summed E-state index contributed by atoms with van der Waals surface area (Å²) < 4.78 is 0. The van der Waals surface area contributed by atoms with Crippen molar-refractivity contribution >= 4 is 17.8 Å². The Bertz CT molecular complexity index is 658. The predicted octanol–water partition coefficient (Wildman–Crippen LogP) is 3.53. The average Bonchev–Trinajstić information content (AvgIpc) is 3.30. The second-order valence-electron chi connectivity index (χ2n) is 4.58. The standard InChI is InChI=1S/C10H9NO.C7H5NO/c12-7-11-10-6-9(10)8-4-2-1-3-5-8;9-6-8-7-4-2-1-3-5-7/h1-5,9-10H,6H2;1-5H. The Morgan fingerprint density at radius 3 is 2.05 bits per heavy atom. The van der Waals surface area contributed by atoms with E-state index in [1.165, 1.54) is 11.6 Å². The van der Waals surface area contributed by atoms with Crippen molar-refractivity contribution in [3.05, 3.63) is 66.2 Å². The summed E-state index contributed by atoms with van der Waals surface area (Å²) in [6, 6.07) is 19.3. The summed E-state index contributed by atoms with van der Waals surface area (Å²) in [4.78, 5) is 26.7. The van der Waals surface area contributed by atoms with Crippen molar-refractivity contribution in [1.29, 1.82) is 0 Å². The molecule has 0 aromatic heterocycles. The van der Waals surface area contributed by atoms with Crippen LogP contribution in [0.4, 0.5) is 5.69 Å². The number of isocyanates is 2. The lowest BCUT2D eigenvalue weighted by Gasteiger charge is -1.94. The summed E-state index contributed by atoms with van der Waals surface area (Å²) in [6.45, 7) is 0. The van der Waals surface area contributed by atoms with Gasteiger partial charge < -0.3 is 0 Å². The van der Waals surface area contributed by atoms with E-state index in [1.54, 1.807) is 18.2 Å². The molecule has 1 fully saturated rings. The monoisotopic (exact) mass is 278 g/mol. The zero-order valence-electron chi connectivity index (χ0n) is 11.3. The van der Waals surface area contributed by atoms with Crippen LogP contribution < -0.4 is 0 Å². The van der Waals surface area contributed by atoms with E-state index in [0.29, 0.717) is 11.6 Å². The van der Waals surface area contributed by atoms with E-state index in [2.05, 4.69) is 22.1 Å². The maximum Gasteiger partial charge on any atom is 0.240 e. The number of hydrogen-bond acceptors (Lipinski definition) is 4. The largest absolute Gasteiger partial charge is 0.240 e. The van der Waals surface area contributed by atoms with Crippen molar-refractivity contribution in [2.24, 2.45) is 9.98 Å². The van der Waals surface area contributed by atoms with Crippen molar-refractivity contribution < 1.29 is 9.59 Å². The molecule has 2 aromatic carbocycles. The molecule has 3 rings (SSSR count). The minimum Gasteiger partial charge on any atom is -0.211 e. The summed E-state index contributed by atoms with van der Waals surface area (Å²) in [5.74, 6) is 0.465. The molecule has 1 aliphatic carbocycles. The van der Waals surface area contributed by atoms with Crippen molar-refractivity contribution in [2.75, 3.05) is 0 Å². The molecule has 21 heavy (non-hydrogen) atoms. The molecule has 1 aliphatic rings. The van der Waals surface area contributed by atoms with E-state index in [1.807, 2.05) is 36.4 Å². The Hall–Kier alpha value is -2.80. The van der Waals surface area contributed by atoms with Gasteiger partial charge in [-0.15, -0.1) is 0 Å². The molecule has 0 bridgehead atoms. The number of carbonyl (C=O) groups excluding carboxylic acids is 2. The third-order valence-corrected chi connectivity index (χ3v) is 3.13. The van der Waals surface area contributed by atoms with Crippen LogP contribution in [0.2, 0.25) is 0 Å². The smallest absolute Gasteiger partial charge is 0.211 e. The molecule has 0 heterocycles. The fraction of sp³-hybridized carbons (Fsp3) is 0.176. The van der Waals surface area contributed by atoms with Gasteiger partial charge in [-0.05, 0) is 24.1 Å². The highest BCUT2D eigenvalue weighted by Crippen LogP contribution is 2.42. The Kier molecular flexibility index (Phi) is 5.36. The molecule has 2 atom stereocenters. The molecule has 4 heteroatoms. The number of aliphatic imine (C=N–C) groups is 2. The number of para-hydroxylation sites is 1. The highest BCUT2D eigenvalue weighted by atomic mass is 16.1. The first-order valence-electron chi connectivity index (χ1n) is 6.60. The molecule has 0 saturated heterocycles. The van der Waals surface area contributed by atoms with Crippen LogP contribution in [0.25, 0.3) is 0 Å². The zero-order chi connectivity index (χ0) is 14.9. The molecule has 0 N–H and O–H groups in total. The quantitative estimate of drug-likeness (QED) is 0.637. The van der Waals surface area contributed by atoms with E-state index >= 15 is 0 Å². The van der Waals surface area contributed by atoms with Gasteiger partial charge in [-0.1, -0.05) is 48.5 Å². The van der Waals surface area contributed by atoms with E-state index in [9.17, 15) is 9.59 Å². The van der Waals surface area contributed by atoms with Gasteiger partial charge in [-0.2, -0.15) is 4.99 Å². The fourth-order valence-electron chi connectivity index (χ4n) is 2.01. The minimum absolute atomic E-state index is 0.199. The summed E-state index contributed by atoms with van der Waals surface area (Å²) in [5.41, 5.74) is 1.93. The average molecular weight is 278 g/mol. The van der Waals surface area contributed by atoms with Crippen LogP contribution in [0, 0.1) is 0 Å². The molecule has 0 spiro atoms. The van der Waals surface area contributed by atoms with Gasteiger partial charge in [0.05, 0.1) is 11.7 Å². The predicted molar refractivity (Wildman–Crippen MR) is 79.9 cm³/mol. The molecule has 1 saturated carbocycles. The fourth-order valence-corrected chi connectivity index (χ4v) is 2.01. The van der Waals surface area contributed by atoms with Crippen LogP contribution in [0.3, 0.4) is 0 Å². The number of rotatable bonds is 3. The van der Waals surface area contributed by atoms with Gasteiger partial charge in [0.25, 0.3) is 0 Å². The summed E-state index contributed by atoms with van der Waals surface area (Å²) >= 11 is 0. The lowest BCUT2D eigenvalue weighted by atomic mass is 10.1. The van der Waals surface area contributed by atoms with E-state index in [4.69, 9.17) is 0 Å². The van der Waals surface area contributed by atoms with Crippen molar-refractivity contribution in [2.45, 2.75) is 18.4 Å². The van der Waals surface area contributed by atoms with Crippen molar-refractivity contribution in [1.82, 2.24) is 0 Å². The maximum atomic E-state index is 9.94. The Morgan fingerprint density at radius 2 is 1.48 bits per heavy atom. The molecule has 0 radical (unpaired) electrons. The van der Waals surface area contributed by atoms with E-state index in [-0.39, 0.29) is 6.04 Å². The highest BCUT2D eigenvalue weighted by Gasteiger charge is 2.38. The van der Waals surface area contributed by atoms with Gasteiger partial charge in [-0.3, -0.25) is 0 Å². The van der Waals surface area contributed by atoms with Gasteiger partial charge >= 0.3 is 0 Å². The van der Waals surface area contributed by atoms with Crippen LogP contribution in [-0.2, 0) is 9.59 Å². The Labute approximate surface area is 122 Å². The van der Waals surface area contributed by atoms with Crippen LogP contribution in [0.1, 0.15) is 17.9 Å². The molecular weight excluding hydrogens is 264 g/mol. The van der Waals surface area contributed by atoms with Gasteiger partial charge in [0, 0.05) is 5.92 Å². The van der Waals surface area contributed by atoms with Gasteiger partial charge in [-0.25, -0.2) is 14.6 Å². The lowest BCUT2D eigenvalue weighted by Crippen LogP contribution is -1.82. The molecule has 0 amide bonds. The summed E-state index contributed by atoms with van der Waals surface area (Å²) in [7, 11) is 0. The lowest BCUT2D eigenvalue weighted by molar-refractivity contribution is 0.562. The number of hydrogen-bond donors (Lipinski definition) is 0. The molecule has 2 aromatic rings. The van der Waals surface area contributed by atoms with E-state index < -0.39 is 0 Å². The second kappa shape index (κ2) is 7.71. The summed E-state index contributed by atoms with van der Waals surface area (Å²) in [6.07, 6.45) is 4.06. The third kappa shape index (κ3) is 4.66.